The van der Waals surface area contributed by atoms with Gasteiger partial charge in [-0.25, -0.2) is 4.98 Å². The van der Waals surface area contributed by atoms with Crippen molar-refractivity contribution >= 4 is 32.6 Å². The number of likely N-dealkylation sites (N-methyl/N-ethyl adjacent to an activating group) is 1. The third kappa shape index (κ3) is 5.68. The van der Waals surface area contributed by atoms with Crippen LogP contribution >= 0.6 is 11.3 Å². The highest BCUT2D eigenvalue weighted by molar-refractivity contribution is 7.22. The Bertz CT molecular complexity index is 927. The molecule has 29 heavy (non-hydrogen) atoms. The first-order chi connectivity index (χ1) is 14.1. The average Bonchev–Trinajstić information content (AvgIpc) is 3.14. The van der Waals surface area contributed by atoms with Gasteiger partial charge >= 0.3 is 0 Å². The number of thiazole rings is 1. The molecule has 0 fully saturated rings. The Kier molecular flexibility index (Phi) is 7.43. The minimum atomic E-state index is -0.000188. The van der Waals surface area contributed by atoms with E-state index in [1.807, 2.05) is 69.6 Å². The van der Waals surface area contributed by atoms with Crippen LogP contribution in [0.1, 0.15) is 13.3 Å². The lowest BCUT2D eigenvalue weighted by Crippen LogP contribution is -2.37. The van der Waals surface area contributed by atoms with E-state index in [0.29, 0.717) is 24.9 Å². The molecular formula is C22H27N3O3S. The molecule has 3 rings (SSSR count). The molecule has 0 aliphatic carbocycles. The summed E-state index contributed by atoms with van der Waals surface area (Å²) in [6, 6.07) is 15.4. The lowest BCUT2D eigenvalue weighted by molar-refractivity contribution is -0.119. The highest BCUT2D eigenvalue weighted by Gasteiger charge is 2.21. The largest absolute Gasteiger partial charge is 0.493 e. The van der Waals surface area contributed by atoms with Crippen molar-refractivity contribution in [3.05, 3.63) is 48.5 Å². The maximum Gasteiger partial charge on any atom is 0.232 e. The summed E-state index contributed by atoms with van der Waals surface area (Å²) in [6.07, 6.45) is 0.288. The predicted octanol–water partition coefficient (Wildman–Crippen LogP) is 4.06. The molecule has 0 saturated carbocycles. The Hall–Kier alpha value is -2.64. The van der Waals surface area contributed by atoms with E-state index in [0.717, 1.165) is 28.3 Å². The summed E-state index contributed by atoms with van der Waals surface area (Å²) in [6.45, 7) is 4.18. The monoisotopic (exact) mass is 413 g/mol. The Morgan fingerprint density at radius 3 is 2.55 bits per heavy atom. The van der Waals surface area contributed by atoms with Crippen LogP contribution in [-0.4, -0.2) is 56.2 Å². The van der Waals surface area contributed by atoms with Crippen LogP contribution in [0.4, 0.5) is 5.13 Å². The Labute approximate surface area is 175 Å². The molecule has 1 heterocycles. The number of nitrogens with zero attached hydrogens (tertiary/aromatic N) is 3. The number of hydrogen-bond acceptors (Lipinski definition) is 6. The summed E-state index contributed by atoms with van der Waals surface area (Å²) in [7, 11) is 3.99. The van der Waals surface area contributed by atoms with Crippen molar-refractivity contribution in [1.29, 1.82) is 0 Å². The molecule has 0 atom stereocenters. The average molecular weight is 414 g/mol. The van der Waals surface area contributed by atoms with Gasteiger partial charge in [0.15, 0.2) is 5.13 Å². The van der Waals surface area contributed by atoms with E-state index >= 15 is 0 Å². The normalized spacial score (nSPS) is 11.0. The molecule has 0 saturated heterocycles. The smallest absolute Gasteiger partial charge is 0.232 e. The molecule has 2 aromatic carbocycles. The second-order valence-electron chi connectivity index (χ2n) is 6.79. The van der Waals surface area contributed by atoms with Crippen LogP contribution in [0.2, 0.25) is 0 Å². The van der Waals surface area contributed by atoms with Crippen LogP contribution in [0.5, 0.6) is 11.5 Å². The second kappa shape index (κ2) is 10.2. The number of carbonyl (C=O) groups excluding carboxylic acids is 1. The Balaban J connectivity index is 1.76. The second-order valence-corrected chi connectivity index (χ2v) is 7.80. The van der Waals surface area contributed by atoms with Crippen molar-refractivity contribution in [2.75, 3.05) is 45.3 Å². The molecule has 3 aromatic rings. The van der Waals surface area contributed by atoms with Crippen LogP contribution in [0.15, 0.2) is 48.5 Å². The van der Waals surface area contributed by atoms with E-state index < -0.39 is 0 Å². The van der Waals surface area contributed by atoms with Gasteiger partial charge in [0.1, 0.15) is 17.0 Å². The van der Waals surface area contributed by atoms with Crippen molar-refractivity contribution in [3.8, 4) is 11.5 Å². The fourth-order valence-electron chi connectivity index (χ4n) is 2.83. The van der Waals surface area contributed by atoms with E-state index in [1.165, 1.54) is 11.3 Å². The third-order valence-electron chi connectivity index (χ3n) is 4.30. The number of aromatic nitrogens is 1. The number of carbonyl (C=O) groups is 1. The molecule has 7 heteroatoms. The minimum Gasteiger partial charge on any atom is -0.493 e. The lowest BCUT2D eigenvalue weighted by Gasteiger charge is -2.22. The number of amides is 1. The van der Waals surface area contributed by atoms with Crippen molar-refractivity contribution in [2.24, 2.45) is 0 Å². The van der Waals surface area contributed by atoms with Gasteiger partial charge in [0, 0.05) is 13.1 Å². The number of para-hydroxylation sites is 2. The highest BCUT2D eigenvalue weighted by atomic mass is 32.1. The zero-order valence-corrected chi connectivity index (χ0v) is 17.9. The van der Waals surface area contributed by atoms with Gasteiger partial charge in [-0.05, 0) is 45.3 Å². The maximum atomic E-state index is 13.0. The fraction of sp³-hybridized carbons (Fsp3) is 0.364. The van der Waals surface area contributed by atoms with E-state index in [1.54, 1.807) is 4.90 Å². The van der Waals surface area contributed by atoms with Crippen molar-refractivity contribution in [3.63, 3.8) is 0 Å². The topological polar surface area (TPSA) is 54.9 Å². The summed E-state index contributed by atoms with van der Waals surface area (Å²) < 4.78 is 12.4. The SMILES string of the molecule is CCOc1cccc2sc(N(CCN(C)C)C(=O)CCOc3ccccc3)nc12. The van der Waals surface area contributed by atoms with E-state index in [-0.39, 0.29) is 12.3 Å². The predicted molar refractivity (Wildman–Crippen MR) is 118 cm³/mol. The van der Waals surface area contributed by atoms with Crippen LogP contribution in [0.3, 0.4) is 0 Å². The number of fused-ring (bicyclic) bond motifs is 1. The number of rotatable bonds is 10. The summed E-state index contributed by atoms with van der Waals surface area (Å²) >= 11 is 1.51. The third-order valence-corrected chi connectivity index (χ3v) is 5.34. The quantitative estimate of drug-likeness (QED) is 0.502. The molecule has 0 unspecified atom stereocenters. The first-order valence-electron chi connectivity index (χ1n) is 9.73. The lowest BCUT2D eigenvalue weighted by atomic mass is 10.3. The van der Waals surface area contributed by atoms with E-state index in [9.17, 15) is 4.79 Å². The Morgan fingerprint density at radius 1 is 1.03 bits per heavy atom. The van der Waals surface area contributed by atoms with E-state index in [2.05, 4.69) is 4.90 Å². The number of hydrogen-bond donors (Lipinski definition) is 0. The first kappa shape index (κ1) is 21.1. The molecule has 0 aliphatic rings. The van der Waals surface area contributed by atoms with Gasteiger partial charge in [0.25, 0.3) is 0 Å². The Morgan fingerprint density at radius 2 is 1.83 bits per heavy atom. The molecule has 0 bridgehead atoms. The zero-order chi connectivity index (χ0) is 20.6. The molecular weight excluding hydrogens is 386 g/mol. The van der Waals surface area contributed by atoms with Crippen molar-refractivity contribution in [2.45, 2.75) is 13.3 Å². The molecule has 1 aromatic heterocycles. The molecule has 1 amide bonds. The van der Waals surface area contributed by atoms with Crippen LogP contribution in [-0.2, 0) is 4.79 Å². The van der Waals surface area contributed by atoms with Crippen molar-refractivity contribution in [1.82, 2.24) is 9.88 Å². The standard InChI is InChI=1S/C22H27N3O3S/c1-4-27-18-11-8-12-19-21(18)23-22(29-19)25(15-14-24(2)3)20(26)13-16-28-17-9-6-5-7-10-17/h5-12H,4,13-16H2,1-3H3. The van der Waals surface area contributed by atoms with Crippen LogP contribution in [0.25, 0.3) is 10.2 Å². The highest BCUT2D eigenvalue weighted by Crippen LogP contribution is 2.34. The summed E-state index contributed by atoms with van der Waals surface area (Å²) in [5.74, 6) is 1.52. The minimum absolute atomic E-state index is 0.000188. The van der Waals surface area contributed by atoms with Gasteiger partial charge in [0.05, 0.1) is 24.3 Å². The van der Waals surface area contributed by atoms with Gasteiger partial charge in [-0.1, -0.05) is 35.6 Å². The van der Waals surface area contributed by atoms with Gasteiger partial charge in [-0.15, -0.1) is 0 Å². The van der Waals surface area contributed by atoms with E-state index in [4.69, 9.17) is 14.5 Å². The van der Waals surface area contributed by atoms with Gasteiger partial charge in [-0.3, -0.25) is 9.69 Å². The summed E-state index contributed by atoms with van der Waals surface area (Å²) in [4.78, 5) is 21.5. The first-order valence-corrected chi connectivity index (χ1v) is 10.6. The van der Waals surface area contributed by atoms with Crippen LogP contribution in [0, 0.1) is 0 Å². The zero-order valence-electron chi connectivity index (χ0n) is 17.1. The summed E-state index contributed by atoms with van der Waals surface area (Å²) in [5.41, 5.74) is 0.803. The molecule has 0 spiro atoms. The fourth-order valence-corrected chi connectivity index (χ4v) is 3.86. The van der Waals surface area contributed by atoms with Gasteiger partial charge in [0.2, 0.25) is 5.91 Å². The number of ether oxygens (including phenoxy) is 2. The molecule has 154 valence electrons. The van der Waals surface area contributed by atoms with Gasteiger partial charge < -0.3 is 14.4 Å². The number of benzene rings is 2. The molecule has 0 radical (unpaired) electrons. The maximum absolute atomic E-state index is 13.0. The van der Waals surface area contributed by atoms with Gasteiger partial charge in [-0.2, -0.15) is 0 Å². The molecule has 6 nitrogen and oxygen atoms in total. The number of anilines is 1. The van der Waals surface area contributed by atoms with Crippen molar-refractivity contribution < 1.29 is 14.3 Å². The molecule has 0 aliphatic heterocycles. The summed E-state index contributed by atoms with van der Waals surface area (Å²) in [5, 5.41) is 0.693. The van der Waals surface area contributed by atoms with Crippen LogP contribution < -0.4 is 14.4 Å². The molecule has 0 N–H and O–H groups in total.